The predicted molar refractivity (Wildman–Crippen MR) is 90.5 cm³/mol. The fraction of sp³-hybridized carbons (Fsp3) is 0.500. The van der Waals surface area contributed by atoms with Crippen molar-refractivity contribution < 1.29 is 9.47 Å². The van der Waals surface area contributed by atoms with Crippen molar-refractivity contribution in [1.29, 1.82) is 0 Å². The second-order valence-corrected chi connectivity index (χ2v) is 6.12. The highest BCUT2D eigenvalue weighted by Crippen LogP contribution is 2.46. The van der Waals surface area contributed by atoms with Gasteiger partial charge in [-0.2, -0.15) is 5.10 Å². The van der Waals surface area contributed by atoms with Crippen LogP contribution in [-0.2, 0) is 0 Å². The monoisotopic (exact) mass is 313 g/mol. The fourth-order valence-electron chi connectivity index (χ4n) is 3.75. The summed E-state index contributed by atoms with van der Waals surface area (Å²) >= 11 is 0. The number of H-pyrrole nitrogens is 1. The molecule has 2 aromatic rings. The zero-order valence-corrected chi connectivity index (χ0v) is 13.8. The van der Waals surface area contributed by atoms with Gasteiger partial charge in [0.25, 0.3) is 0 Å². The number of aromatic amines is 1. The van der Waals surface area contributed by atoms with Crippen molar-refractivity contribution >= 4 is 5.69 Å². The summed E-state index contributed by atoms with van der Waals surface area (Å²) in [6, 6.07) is 6.11. The van der Waals surface area contributed by atoms with Crippen LogP contribution in [-0.4, -0.2) is 36.5 Å². The molecule has 0 spiro atoms. The smallest absolute Gasteiger partial charge is 0.161 e. The molecule has 1 saturated heterocycles. The van der Waals surface area contributed by atoms with Gasteiger partial charge in [-0.3, -0.25) is 5.10 Å². The van der Waals surface area contributed by atoms with E-state index in [2.05, 4.69) is 21.2 Å². The van der Waals surface area contributed by atoms with Gasteiger partial charge < -0.3 is 14.4 Å². The maximum Gasteiger partial charge on any atom is 0.161 e. The zero-order chi connectivity index (χ0) is 15.8. The minimum Gasteiger partial charge on any atom is -0.490 e. The first-order chi connectivity index (χ1) is 11.3. The van der Waals surface area contributed by atoms with Crippen LogP contribution in [0.4, 0.5) is 5.69 Å². The third kappa shape index (κ3) is 2.35. The van der Waals surface area contributed by atoms with Gasteiger partial charge in [-0.1, -0.05) is 0 Å². The Kier molecular flexibility index (Phi) is 3.63. The largest absolute Gasteiger partial charge is 0.490 e. The normalized spacial score (nSPS) is 16.5. The third-order valence-corrected chi connectivity index (χ3v) is 4.80. The first-order valence-electron chi connectivity index (χ1n) is 8.55. The van der Waals surface area contributed by atoms with Gasteiger partial charge in [0.15, 0.2) is 11.5 Å². The third-order valence-electron chi connectivity index (χ3n) is 4.80. The van der Waals surface area contributed by atoms with E-state index in [0.29, 0.717) is 19.1 Å². The number of fused-ring (bicyclic) bond motifs is 2. The quantitative estimate of drug-likeness (QED) is 0.917. The van der Waals surface area contributed by atoms with E-state index in [1.807, 2.05) is 26.0 Å². The van der Waals surface area contributed by atoms with Gasteiger partial charge in [-0.05, 0) is 44.9 Å². The number of aromatic nitrogens is 2. The summed E-state index contributed by atoms with van der Waals surface area (Å²) in [6.45, 7) is 7.50. The van der Waals surface area contributed by atoms with Gasteiger partial charge in [0, 0.05) is 24.6 Å². The standard InChI is InChI=1S/C18H23N3O2/c1-3-22-14-6-5-13(11-15(14)23-4-2)17-18-16(19-20-17)12-7-9-21(18)10-8-12/h5-6,11-12H,3-4,7-10H2,1-2H3,(H,19,20). The van der Waals surface area contributed by atoms with Crippen LogP contribution in [0.5, 0.6) is 11.5 Å². The van der Waals surface area contributed by atoms with Crippen LogP contribution in [0.15, 0.2) is 18.2 Å². The maximum absolute atomic E-state index is 5.76. The Balaban J connectivity index is 1.76. The summed E-state index contributed by atoms with van der Waals surface area (Å²) in [5.74, 6) is 2.23. The van der Waals surface area contributed by atoms with E-state index in [1.54, 1.807) is 0 Å². The van der Waals surface area contributed by atoms with Gasteiger partial charge in [0.05, 0.1) is 24.6 Å². The molecule has 3 aliphatic heterocycles. The van der Waals surface area contributed by atoms with Crippen LogP contribution >= 0.6 is 0 Å². The molecule has 0 radical (unpaired) electrons. The van der Waals surface area contributed by atoms with Crippen molar-refractivity contribution in [1.82, 2.24) is 10.2 Å². The molecule has 5 heteroatoms. The van der Waals surface area contributed by atoms with Gasteiger partial charge >= 0.3 is 0 Å². The number of rotatable bonds is 5. The lowest BCUT2D eigenvalue weighted by atomic mass is 9.86. The number of piperidine rings is 1. The maximum atomic E-state index is 5.76. The summed E-state index contributed by atoms with van der Waals surface area (Å²) < 4.78 is 11.4. The molecule has 122 valence electrons. The van der Waals surface area contributed by atoms with E-state index in [0.717, 1.165) is 35.8 Å². The molecule has 0 atom stereocenters. The van der Waals surface area contributed by atoms with Crippen LogP contribution in [0.2, 0.25) is 0 Å². The van der Waals surface area contributed by atoms with Crippen molar-refractivity contribution in [2.75, 3.05) is 31.2 Å². The van der Waals surface area contributed by atoms with Crippen LogP contribution in [0.3, 0.4) is 0 Å². The SMILES string of the molecule is CCOc1ccc(-c2n[nH]c3c2N2CCC3CC2)cc1OCC. The van der Waals surface area contributed by atoms with E-state index in [-0.39, 0.29) is 0 Å². The average Bonchev–Trinajstić information content (AvgIpc) is 3.05. The molecular formula is C18H23N3O2. The lowest BCUT2D eigenvalue weighted by Gasteiger charge is -2.40. The Hall–Kier alpha value is -2.17. The first-order valence-corrected chi connectivity index (χ1v) is 8.55. The molecule has 3 aliphatic rings. The highest BCUT2D eigenvalue weighted by Gasteiger charge is 2.35. The Morgan fingerprint density at radius 2 is 1.87 bits per heavy atom. The van der Waals surface area contributed by atoms with Crippen LogP contribution in [0.25, 0.3) is 11.3 Å². The van der Waals surface area contributed by atoms with E-state index in [4.69, 9.17) is 9.47 Å². The minimum absolute atomic E-state index is 0.621. The highest BCUT2D eigenvalue weighted by atomic mass is 16.5. The summed E-state index contributed by atoms with van der Waals surface area (Å²) in [6.07, 6.45) is 2.48. The summed E-state index contributed by atoms with van der Waals surface area (Å²) in [5.41, 5.74) is 4.72. The van der Waals surface area contributed by atoms with E-state index in [9.17, 15) is 0 Å². The molecule has 5 rings (SSSR count). The molecule has 23 heavy (non-hydrogen) atoms. The first kappa shape index (κ1) is 14.4. The Morgan fingerprint density at radius 1 is 1.13 bits per heavy atom. The van der Waals surface area contributed by atoms with Gasteiger partial charge in [0.2, 0.25) is 0 Å². The van der Waals surface area contributed by atoms with Crippen LogP contribution in [0.1, 0.15) is 38.3 Å². The number of hydrogen-bond donors (Lipinski definition) is 1. The topological polar surface area (TPSA) is 50.4 Å². The summed E-state index contributed by atoms with van der Waals surface area (Å²) in [5, 5.41) is 7.91. The molecule has 1 aromatic carbocycles. The van der Waals surface area contributed by atoms with Crippen molar-refractivity contribution in [2.45, 2.75) is 32.6 Å². The molecule has 1 N–H and O–H groups in total. The Bertz CT molecular complexity index is 702. The van der Waals surface area contributed by atoms with E-state index in [1.165, 1.54) is 24.2 Å². The second-order valence-electron chi connectivity index (χ2n) is 6.12. The molecular weight excluding hydrogens is 290 g/mol. The number of benzene rings is 1. The molecule has 1 aromatic heterocycles. The number of nitrogens with zero attached hydrogens (tertiary/aromatic N) is 2. The average molecular weight is 313 g/mol. The molecule has 1 fully saturated rings. The van der Waals surface area contributed by atoms with Crippen LogP contribution < -0.4 is 14.4 Å². The van der Waals surface area contributed by atoms with Crippen molar-refractivity contribution in [3.05, 3.63) is 23.9 Å². The van der Waals surface area contributed by atoms with Crippen molar-refractivity contribution in [3.8, 4) is 22.8 Å². The Labute approximate surface area is 136 Å². The zero-order valence-electron chi connectivity index (χ0n) is 13.8. The molecule has 4 heterocycles. The molecule has 0 aliphatic carbocycles. The number of ether oxygens (including phenoxy) is 2. The van der Waals surface area contributed by atoms with E-state index < -0.39 is 0 Å². The molecule has 0 amide bonds. The fourth-order valence-corrected chi connectivity index (χ4v) is 3.75. The second kappa shape index (κ2) is 5.80. The molecule has 2 bridgehead atoms. The molecule has 5 nitrogen and oxygen atoms in total. The highest BCUT2D eigenvalue weighted by molar-refractivity contribution is 5.80. The van der Waals surface area contributed by atoms with Crippen molar-refractivity contribution in [3.63, 3.8) is 0 Å². The molecule has 0 saturated carbocycles. The van der Waals surface area contributed by atoms with E-state index >= 15 is 0 Å². The minimum atomic E-state index is 0.621. The number of anilines is 1. The Morgan fingerprint density at radius 3 is 2.61 bits per heavy atom. The molecule has 0 unspecified atom stereocenters. The van der Waals surface area contributed by atoms with Gasteiger partial charge in [-0.25, -0.2) is 0 Å². The number of nitrogens with one attached hydrogen (secondary N) is 1. The lowest BCUT2D eigenvalue weighted by molar-refractivity contribution is 0.288. The summed E-state index contributed by atoms with van der Waals surface area (Å²) in [4.78, 5) is 2.46. The van der Waals surface area contributed by atoms with Crippen LogP contribution in [0, 0.1) is 0 Å². The lowest BCUT2D eigenvalue weighted by Crippen LogP contribution is -2.38. The van der Waals surface area contributed by atoms with Gasteiger partial charge in [0.1, 0.15) is 5.69 Å². The van der Waals surface area contributed by atoms with Gasteiger partial charge in [-0.15, -0.1) is 0 Å². The summed E-state index contributed by atoms with van der Waals surface area (Å²) in [7, 11) is 0. The van der Waals surface area contributed by atoms with Crippen molar-refractivity contribution in [2.24, 2.45) is 0 Å². The number of hydrogen-bond acceptors (Lipinski definition) is 4. The predicted octanol–water partition coefficient (Wildman–Crippen LogP) is 3.57.